The molecule has 1 amide bonds. The van der Waals surface area contributed by atoms with Crippen LogP contribution in [0.5, 0.6) is 0 Å². The van der Waals surface area contributed by atoms with Gasteiger partial charge in [0.2, 0.25) is 5.91 Å². The predicted octanol–water partition coefficient (Wildman–Crippen LogP) is -1.72. The molecule has 2 N–H and O–H groups in total. The minimum Gasteiger partial charge on any atom is -0.468 e. The van der Waals surface area contributed by atoms with E-state index in [0.29, 0.717) is 26.2 Å². The summed E-state index contributed by atoms with van der Waals surface area (Å²) in [5, 5.41) is 0. The number of carbonyl (C=O) groups is 2. The largest absolute Gasteiger partial charge is 0.468 e. The van der Waals surface area contributed by atoms with Crippen LogP contribution < -0.4 is 5.73 Å². The van der Waals surface area contributed by atoms with Crippen LogP contribution in [0.15, 0.2) is 0 Å². The molecular weight excluding hydrogens is 238 g/mol. The number of carbonyl (C=O) groups excluding carboxylic acids is 2. The molecule has 1 saturated heterocycles. The fourth-order valence-corrected chi connectivity index (χ4v) is 1.86. The minimum absolute atomic E-state index is 0.102. The number of ether oxygens (including phenoxy) is 2. The van der Waals surface area contributed by atoms with Crippen molar-refractivity contribution in [3.8, 4) is 0 Å². The first-order valence-corrected chi connectivity index (χ1v) is 5.91. The number of amides is 1. The average Bonchev–Trinajstić information content (AvgIpc) is 2.39. The fourth-order valence-electron chi connectivity index (χ4n) is 1.86. The Morgan fingerprint density at radius 2 is 1.83 bits per heavy atom. The quantitative estimate of drug-likeness (QED) is 0.591. The number of piperazine rings is 1. The first-order valence-electron chi connectivity index (χ1n) is 5.91. The molecule has 0 saturated carbocycles. The lowest BCUT2D eigenvalue weighted by atomic mass is 10.2. The Bertz CT molecular complexity index is 290. The molecule has 0 aromatic heterocycles. The van der Waals surface area contributed by atoms with Crippen LogP contribution in [-0.4, -0.2) is 81.3 Å². The van der Waals surface area contributed by atoms with E-state index in [1.165, 1.54) is 14.2 Å². The second-order valence-electron chi connectivity index (χ2n) is 4.24. The smallest absolute Gasteiger partial charge is 0.319 e. The van der Waals surface area contributed by atoms with Gasteiger partial charge in [-0.05, 0) is 0 Å². The summed E-state index contributed by atoms with van der Waals surface area (Å²) >= 11 is 0. The van der Waals surface area contributed by atoms with E-state index < -0.39 is 6.04 Å². The van der Waals surface area contributed by atoms with Gasteiger partial charge in [-0.25, -0.2) is 0 Å². The summed E-state index contributed by atoms with van der Waals surface area (Å²) in [7, 11) is 2.88. The van der Waals surface area contributed by atoms with Gasteiger partial charge in [0.15, 0.2) is 0 Å². The highest BCUT2D eigenvalue weighted by Gasteiger charge is 2.25. The molecular formula is C11H21N3O4. The zero-order valence-electron chi connectivity index (χ0n) is 10.9. The van der Waals surface area contributed by atoms with Crippen molar-refractivity contribution in [3.05, 3.63) is 0 Å². The summed E-state index contributed by atoms with van der Waals surface area (Å²) < 4.78 is 9.46. The predicted molar refractivity (Wildman–Crippen MR) is 64.9 cm³/mol. The van der Waals surface area contributed by atoms with Crippen LogP contribution >= 0.6 is 0 Å². The molecule has 0 radical (unpaired) electrons. The van der Waals surface area contributed by atoms with Gasteiger partial charge in [0.25, 0.3) is 0 Å². The topological polar surface area (TPSA) is 85.1 Å². The van der Waals surface area contributed by atoms with Crippen LogP contribution in [0.1, 0.15) is 0 Å². The zero-order valence-corrected chi connectivity index (χ0v) is 10.9. The summed E-state index contributed by atoms with van der Waals surface area (Å²) in [5.41, 5.74) is 5.69. The molecule has 0 aromatic carbocycles. The van der Waals surface area contributed by atoms with E-state index in [-0.39, 0.29) is 25.0 Å². The molecule has 0 aromatic rings. The standard InChI is InChI=1S/C11H21N3O4/c1-17-8-9(12)11(16)14-5-3-13(4-6-14)7-10(15)18-2/h9H,3-8,12H2,1-2H3. The van der Waals surface area contributed by atoms with Crippen LogP contribution in [0.4, 0.5) is 0 Å². The van der Waals surface area contributed by atoms with Crippen LogP contribution in [0, 0.1) is 0 Å². The van der Waals surface area contributed by atoms with Crippen LogP contribution in [0.25, 0.3) is 0 Å². The third-order valence-electron chi connectivity index (χ3n) is 2.93. The van der Waals surface area contributed by atoms with E-state index in [1.807, 2.05) is 4.90 Å². The lowest BCUT2D eigenvalue weighted by molar-refractivity contribution is -0.143. The van der Waals surface area contributed by atoms with E-state index in [4.69, 9.17) is 10.5 Å². The second-order valence-corrected chi connectivity index (χ2v) is 4.24. The molecule has 104 valence electrons. The molecule has 0 aliphatic carbocycles. The minimum atomic E-state index is -0.609. The monoisotopic (exact) mass is 259 g/mol. The molecule has 1 fully saturated rings. The van der Waals surface area contributed by atoms with E-state index in [0.717, 1.165) is 0 Å². The number of hydrogen-bond donors (Lipinski definition) is 1. The van der Waals surface area contributed by atoms with Crippen molar-refractivity contribution in [2.24, 2.45) is 5.73 Å². The molecule has 7 heteroatoms. The molecule has 1 aliphatic rings. The number of esters is 1. The van der Waals surface area contributed by atoms with Gasteiger partial charge in [0.05, 0.1) is 20.3 Å². The van der Waals surface area contributed by atoms with Crippen molar-refractivity contribution < 1.29 is 19.1 Å². The Morgan fingerprint density at radius 3 is 2.33 bits per heavy atom. The fraction of sp³-hybridized carbons (Fsp3) is 0.818. The molecule has 0 spiro atoms. The van der Waals surface area contributed by atoms with Gasteiger partial charge in [-0.2, -0.15) is 0 Å². The first kappa shape index (κ1) is 14.9. The molecule has 1 aliphatic heterocycles. The van der Waals surface area contributed by atoms with Crippen LogP contribution in [-0.2, 0) is 19.1 Å². The highest BCUT2D eigenvalue weighted by Crippen LogP contribution is 2.03. The lowest BCUT2D eigenvalue weighted by Crippen LogP contribution is -2.54. The lowest BCUT2D eigenvalue weighted by Gasteiger charge is -2.35. The van der Waals surface area contributed by atoms with Crippen molar-refractivity contribution in [1.29, 1.82) is 0 Å². The summed E-state index contributed by atoms with van der Waals surface area (Å²) in [6.45, 7) is 2.95. The van der Waals surface area contributed by atoms with E-state index in [2.05, 4.69) is 4.74 Å². The molecule has 1 atom stereocenters. The van der Waals surface area contributed by atoms with Crippen LogP contribution in [0.3, 0.4) is 0 Å². The maximum atomic E-state index is 11.9. The normalized spacial score (nSPS) is 18.5. The van der Waals surface area contributed by atoms with E-state index in [1.54, 1.807) is 4.90 Å². The van der Waals surface area contributed by atoms with Crippen molar-refractivity contribution in [2.75, 3.05) is 53.6 Å². The number of methoxy groups -OCH3 is 2. The average molecular weight is 259 g/mol. The van der Waals surface area contributed by atoms with E-state index in [9.17, 15) is 9.59 Å². The van der Waals surface area contributed by atoms with Crippen molar-refractivity contribution in [1.82, 2.24) is 9.80 Å². The first-order chi connectivity index (χ1) is 8.58. The maximum absolute atomic E-state index is 11.9. The maximum Gasteiger partial charge on any atom is 0.319 e. The molecule has 18 heavy (non-hydrogen) atoms. The van der Waals surface area contributed by atoms with Gasteiger partial charge < -0.3 is 20.1 Å². The summed E-state index contributed by atoms with van der Waals surface area (Å²) in [5.74, 6) is -0.361. The van der Waals surface area contributed by atoms with Gasteiger partial charge in [-0.3, -0.25) is 14.5 Å². The second kappa shape index (κ2) is 7.30. The Hall–Kier alpha value is -1.18. The van der Waals surface area contributed by atoms with E-state index >= 15 is 0 Å². The summed E-state index contributed by atoms with van der Waals surface area (Å²) in [4.78, 5) is 26.7. The van der Waals surface area contributed by atoms with Gasteiger partial charge in [0.1, 0.15) is 6.04 Å². The van der Waals surface area contributed by atoms with Crippen molar-refractivity contribution >= 4 is 11.9 Å². The summed E-state index contributed by atoms with van der Waals surface area (Å²) in [6.07, 6.45) is 0. The van der Waals surface area contributed by atoms with Crippen molar-refractivity contribution in [3.63, 3.8) is 0 Å². The number of rotatable bonds is 5. The Labute approximate surface area is 107 Å². The summed E-state index contributed by atoms with van der Waals surface area (Å²) in [6, 6.07) is -0.609. The molecule has 0 bridgehead atoms. The number of hydrogen-bond acceptors (Lipinski definition) is 6. The molecule has 7 nitrogen and oxygen atoms in total. The van der Waals surface area contributed by atoms with Crippen molar-refractivity contribution in [2.45, 2.75) is 6.04 Å². The van der Waals surface area contributed by atoms with Crippen LogP contribution in [0.2, 0.25) is 0 Å². The Balaban J connectivity index is 2.34. The highest BCUT2D eigenvalue weighted by atomic mass is 16.5. The van der Waals surface area contributed by atoms with Gasteiger partial charge >= 0.3 is 5.97 Å². The van der Waals surface area contributed by atoms with Gasteiger partial charge in [0, 0.05) is 33.3 Å². The molecule has 1 unspecified atom stereocenters. The highest BCUT2D eigenvalue weighted by molar-refractivity contribution is 5.82. The zero-order chi connectivity index (χ0) is 13.5. The third-order valence-corrected chi connectivity index (χ3v) is 2.93. The van der Waals surface area contributed by atoms with Gasteiger partial charge in [-0.15, -0.1) is 0 Å². The number of nitrogens with two attached hydrogens (primary N) is 1. The van der Waals surface area contributed by atoms with Gasteiger partial charge in [-0.1, -0.05) is 0 Å². The Morgan fingerprint density at radius 1 is 1.22 bits per heavy atom. The molecule has 1 rings (SSSR count). The SMILES string of the molecule is COCC(N)C(=O)N1CCN(CC(=O)OC)CC1. The Kier molecular flexibility index (Phi) is 6.03. The third kappa shape index (κ3) is 4.25. The number of nitrogens with zero attached hydrogens (tertiary/aromatic N) is 2. The molecule has 1 heterocycles.